The van der Waals surface area contributed by atoms with Gasteiger partial charge in [-0.1, -0.05) is 30.3 Å². The molecule has 1 unspecified atom stereocenters. The van der Waals surface area contributed by atoms with E-state index in [-0.39, 0.29) is 5.91 Å². The van der Waals surface area contributed by atoms with Crippen LogP contribution in [0.3, 0.4) is 0 Å². The Morgan fingerprint density at radius 2 is 1.81 bits per heavy atom. The van der Waals surface area contributed by atoms with Crippen LogP contribution in [0.15, 0.2) is 54.6 Å². The summed E-state index contributed by atoms with van der Waals surface area (Å²) in [5.74, 6) is -0.122. The van der Waals surface area contributed by atoms with Crippen LogP contribution in [0.25, 0.3) is 0 Å². The lowest BCUT2D eigenvalue weighted by Gasteiger charge is -2.23. The minimum Gasteiger partial charge on any atom is -0.492 e. The van der Waals surface area contributed by atoms with E-state index < -0.39 is 12.1 Å². The smallest absolute Gasteiger partial charge is 0.333 e. The molecule has 2 aromatic rings. The van der Waals surface area contributed by atoms with Crippen molar-refractivity contribution in [1.29, 1.82) is 0 Å². The quantitative estimate of drug-likeness (QED) is 0.629. The van der Waals surface area contributed by atoms with Gasteiger partial charge in [0.2, 0.25) is 5.91 Å². The van der Waals surface area contributed by atoms with Gasteiger partial charge in [0.25, 0.3) is 0 Å². The van der Waals surface area contributed by atoms with Gasteiger partial charge < -0.3 is 24.4 Å². The summed E-state index contributed by atoms with van der Waals surface area (Å²) in [5.41, 5.74) is 2.01. The highest BCUT2D eigenvalue weighted by molar-refractivity contribution is 5.77. The second kappa shape index (κ2) is 11.4. The molecule has 1 aliphatic rings. The van der Waals surface area contributed by atoms with Crippen LogP contribution < -0.4 is 9.64 Å². The lowest BCUT2D eigenvalue weighted by molar-refractivity contribution is -0.150. The molecule has 0 saturated carbocycles. The maximum Gasteiger partial charge on any atom is 0.333 e. The zero-order valence-corrected chi connectivity index (χ0v) is 17.9. The van der Waals surface area contributed by atoms with E-state index >= 15 is 0 Å². The Bertz CT molecular complexity index is 841. The summed E-state index contributed by atoms with van der Waals surface area (Å²) in [4.78, 5) is 27.8. The summed E-state index contributed by atoms with van der Waals surface area (Å²) in [6.45, 7) is 5.28. The van der Waals surface area contributed by atoms with Crippen LogP contribution in [0.2, 0.25) is 0 Å². The zero-order chi connectivity index (χ0) is 22.1. The Hall–Kier alpha value is -3.06. The third kappa shape index (κ3) is 6.72. The van der Waals surface area contributed by atoms with Gasteiger partial charge in [0.15, 0.2) is 6.10 Å². The number of carbonyl (C=O) groups excluding carboxylic acids is 1. The van der Waals surface area contributed by atoms with Crippen molar-refractivity contribution >= 4 is 17.6 Å². The van der Waals surface area contributed by atoms with Crippen molar-refractivity contribution in [2.24, 2.45) is 0 Å². The maximum atomic E-state index is 12.5. The second-order valence-corrected chi connectivity index (χ2v) is 7.43. The fourth-order valence-corrected chi connectivity index (χ4v) is 3.63. The van der Waals surface area contributed by atoms with Crippen molar-refractivity contribution in [3.8, 4) is 5.75 Å². The van der Waals surface area contributed by atoms with Crippen LogP contribution in [0.4, 0.5) is 5.69 Å². The molecule has 1 N–H and O–H groups in total. The summed E-state index contributed by atoms with van der Waals surface area (Å²) >= 11 is 0. The molecule has 1 aliphatic heterocycles. The van der Waals surface area contributed by atoms with E-state index in [4.69, 9.17) is 9.47 Å². The fraction of sp³-hybridized carbons (Fsp3) is 0.417. The Morgan fingerprint density at radius 3 is 2.48 bits per heavy atom. The Morgan fingerprint density at radius 1 is 1.06 bits per heavy atom. The van der Waals surface area contributed by atoms with Crippen molar-refractivity contribution in [2.45, 2.75) is 25.9 Å². The van der Waals surface area contributed by atoms with E-state index in [2.05, 4.69) is 17.0 Å². The molecule has 3 rings (SSSR count). The first kappa shape index (κ1) is 22.6. The molecule has 0 aromatic heterocycles. The van der Waals surface area contributed by atoms with Crippen molar-refractivity contribution in [1.82, 2.24) is 4.90 Å². The molecule has 1 fully saturated rings. The highest BCUT2D eigenvalue weighted by Gasteiger charge is 2.21. The van der Waals surface area contributed by atoms with E-state index in [0.29, 0.717) is 44.9 Å². The summed E-state index contributed by atoms with van der Waals surface area (Å²) in [7, 11) is 0. The summed E-state index contributed by atoms with van der Waals surface area (Å²) < 4.78 is 11.1. The minimum atomic E-state index is -0.963. The van der Waals surface area contributed by atoms with Crippen LogP contribution in [0, 0.1) is 0 Å². The number of benzene rings is 2. The number of aliphatic carboxylic acids is 1. The molecule has 2 aromatic carbocycles. The molecule has 1 amide bonds. The number of carboxylic acid groups (broad SMARTS) is 1. The van der Waals surface area contributed by atoms with E-state index in [9.17, 15) is 14.7 Å². The molecule has 1 atom stereocenters. The molecule has 0 bridgehead atoms. The van der Waals surface area contributed by atoms with E-state index in [0.717, 1.165) is 24.3 Å². The van der Waals surface area contributed by atoms with Gasteiger partial charge in [-0.2, -0.15) is 0 Å². The van der Waals surface area contributed by atoms with Crippen LogP contribution in [-0.2, 0) is 20.7 Å². The van der Waals surface area contributed by atoms with Crippen LogP contribution in [0.5, 0.6) is 5.75 Å². The van der Waals surface area contributed by atoms with E-state index in [1.807, 2.05) is 47.4 Å². The van der Waals surface area contributed by atoms with Gasteiger partial charge in [-0.3, -0.25) is 4.79 Å². The van der Waals surface area contributed by atoms with E-state index in [1.165, 1.54) is 0 Å². The highest BCUT2D eigenvalue weighted by atomic mass is 16.5. The standard InChI is InChI=1S/C24H30N2O5/c1-2-30-22(24(28)29)18-19-8-10-21(11-9-19)31-17-16-26-15-14-25(13-12-23(26)27)20-6-4-3-5-7-20/h3-11,22H,2,12-18H2,1H3,(H,28,29). The zero-order valence-electron chi connectivity index (χ0n) is 17.9. The Labute approximate surface area is 183 Å². The molecule has 1 saturated heterocycles. The Balaban J connectivity index is 1.46. The number of hydrogen-bond donors (Lipinski definition) is 1. The number of amides is 1. The van der Waals surface area contributed by atoms with E-state index in [1.54, 1.807) is 6.92 Å². The maximum absolute atomic E-state index is 12.5. The Kier molecular flexibility index (Phi) is 8.29. The molecule has 1 heterocycles. The molecule has 0 spiro atoms. The summed E-state index contributed by atoms with van der Waals surface area (Å²) in [6.07, 6.45) is -0.0427. The number of nitrogens with zero attached hydrogens (tertiary/aromatic N) is 2. The average molecular weight is 427 g/mol. The molecule has 7 heteroatoms. The van der Waals surface area contributed by atoms with Crippen LogP contribution in [0.1, 0.15) is 18.9 Å². The SMILES string of the molecule is CCOC(Cc1ccc(OCCN2CCN(c3ccccc3)CCC2=O)cc1)C(=O)O. The first-order valence-corrected chi connectivity index (χ1v) is 10.7. The minimum absolute atomic E-state index is 0.146. The lowest BCUT2D eigenvalue weighted by atomic mass is 10.1. The third-order valence-electron chi connectivity index (χ3n) is 5.33. The predicted molar refractivity (Wildman–Crippen MR) is 119 cm³/mol. The van der Waals surface area contributed by atoms with Gasteiger partial charge in [0, 0.05) is 44.8 Å². The van der Waals surface area contributed by atoms with Gasteiger partial charge in [-0.15, -0.1) is 0 Å². The molecular formula is C24H30N2O5. The summed E-state index contributed by atoms with van der Waals surface area (Å²) in [6, 6.07) is 17.5. The molecule has 0 radical (unpaired) electrons. The van der Waals surface area contributed by atoms with Crippen molar-refractivity contribution in [2.75, 3.05) is 44.3 Å². The first-order valence-electron chi connectivity index (χ1n) is 10.7. The van der Waals surface area contributed by atoms with Crippen molar-refractivity contribution in [3.05, 3.63) is 60.2 Å². The fourth-order valence-electron chi connectivity index (χ4n) is 3.63. The van der Waals surface area contributed by atoms with Crippen LogP contribution in [-0.4, -0.2) is 67.4 Å². The highest BCUT2D eigenvalue weighted by Crippen LogP contribution is 2.17. The number of carboxylic acids is 1. The molecular weight excluding hydrogens is 396 g/mol. The van der Waals surface area contributed by atoms with Gasteiger partial charge in [0.05, 0.1) is 6.54 Å². The number of rotatable bonds is 10. The van der Waals surface area contributed by atoms with Gasteiger partial charge >= 0.3 is 5.97 Å². The van der Waals surface area contributed by atoms with Gasteiger partial charge in [0.1, 0.15) is 12.4 Å². The first-order chi connectivity index (χ1) is 15.1. The average Bonchev–Trinajstić information content (AvgIpc) is 2.97. The molecule has 31 heavy (non-hydrogen) atoms. The second-order valence-electron chi connectivity index (χ2n) is 7.43. The number of anilines is 1. The lowest BCUT2D eigenvalue weighted by Crippen LogP contribution is -2.36. The van der Waals surface area contributed by atoms with Crippen LogP contribution >= 0.6 is 0 Å². The monoisotopic (exact) mass is 426 g/mol. The number of hydrogen-bond acceptors (Lipinski definition) is 5. The normalized spacial score (nSPS) is 15.5. The predicted octanol–water partition coefficient (Wildman–Crippen LogP) is 2.84. The third-order valence-corrected chi connectivity index (χ3v) is 5.33. The van der Waals surface area contributed by atoms with Crippen molar-refractivity contribution in [3.63, 3.8) is 0 Å². The number of carbonyl (C=O) groups is 2. The molecule has 166 valence electrons. The topological polar surface area (TPSA) is 79.3 Å². The summed E-state index contributed by atoms with van der Waals surface area (Å²) in [5, 5.41) is 9.20. The number of ether oxygens (including phenoxy) is 2. The molecule has 0 aliphatic carbocycles. The molecule has 7 nitrogen and oxygen atoms in total. The van der Waals surface area contributed by atoms with Crippen molar-refractivity contribution < 1.29 is 24.2 Å². The van der Waals surface area contributed by atoms with Gasteiger partial charge in [-0.05, 0) is 36.8 Å². The van der Waals surface area contributed by atoms with Gasteiger partial charge in [-0.25, -0.2) is 4.79 Å². The largest absolute Gasteiger partial charge is 0.492 e. The number of para-hydroxylation sites is 1.